The minimum absolute atomic E-state index is 0.163. The Balaban J connectivity index is 1.60. The summed E-state index contributed by atoms with van der Waals surface area (Å²) in [6.07, 6.45) is 4.37. The van der Waals surface area contributed by atoms with Gasteiger partial charge in [0.1, 0.15) is 11.6 Å². The molecule has 1 aliphatic rings. The lowest BCUT2D eigenvalue weighted by atomic mass is 9.75. The highest BCUT2D eigenvalue weighted by atomic mass is 16.5. The summed E-state index contributed by atoms with van der Waals surface area (Å²) in [4.78, 5) is 24.6. The Hall–Kier alpha value is -2.93. The van der Waals surface area contributed by atoms with Crippen LogP contribution < -0.4 is 10.1 Å². The number of aliphatic hydroxyl groups is 1. The minimum Gasteiger partial charge on any atom is -0.495 e. The Morgan fingerprint density at radius 2 is 2.15 bits per heavy atom. The first-order valence-electron chi connectivity index (χ1n) is 8.97. The van der Waals surface area contributed by atoms with Gasteiger partial charge in [0.2, 0.25) is 0 Å². The number of methoxy groups -OCH3 is 1. The van der Waals surface area contributed by atoms with Gasteiger partial charge in [0.15, 0.2) is 0 Å². The number of amides is 1. The molecule has 7 heteroatoms. The number of benzene rings is 1. The van der Waals surface area contributed by atoms with E-state index in [0.717, 1.165) is 22.4 Å². The van der Waals surface area contributed by atoms with Crippen LogP contribution in [0.5, 0.6) is 5.75 Å². The molecule has 1 amide bonds. The van der Waals surface area contributed by atoms with E-state index in [1.54, 1.807) is 31.6 Å². The van der Waals surface area contributed by atoms with Gasteiger partial charge >= 0.3 is 0 Å². The number of H-pyrrole nitrogens is 1. The van der Waals surface area contributed by atoms with Gasteiger partial charge in [-0.15, -0.1) is 0 Å². The van der Waals surface area contributed by atoms with Crippen LogP contribution in [0.1, 0.15) is 40.6 Å². The first-order valence-corrected chi connectivity index (χ1v) is 8.97. The first kappa shape index (κ1) is 17.5. The topological polar surface area (TPSA) is 100 Å². The predicted octanol–water partition coefficient (Wildman–Crippen LogP) is 2.52. The zero-order valence-electron chi connectivity index (χ0n) is 15.3. The van der Waals surface area contributed by atoms with E-state index in [1.165, 1.54) is 0 Å². The summed E-state index contributed by atoms with van der Waals surface area (Å²) in [5.41, 5.74) is 3.10. The molecule has 1 atom stereocenters. The normalized spacial score (nSPS) is 20.1. The minimum atomic E-state index is -0.308. The molecule has 1 saturated carbocycles. The molecule has 1 aliphatic carbocycles. The maximum Gasteiger partial charge on any atom is 0.251 e. The standard InChI is InChI=1S/C20H22N4O3/c1-11-22-17-4-3-12(8-18(17)23-11)20(26)24-19(13-5-15(25)6-13)14-7-16(27-2)10-21-9-14/h3-4,7-10,13,15,19,25H,5-6H2,1-2H3,(H,22,23)(H,24,26). The van der Waals surface area contributed by atoms with Crippen molar-refractivity contribution in [1.29, 1.82) is 0 Å². The lowest BCUT2D eigenvalue weighted by molar-refractivity contribution is 0.0234. The Bertz CT molecular complexity index is 978. The molecule has 1 aromatic carbocycles. The van der Waals surface area contributed by atoms with Crippen molar-refractivity contribution in [2.75, 3.05) is 7.11 Å². The highest BCUT2D eigenvalue weighted by Gasteiger charge is 2.36. The van der Waals surface area contributed by atoms with E-state index in [-0.39, 0.29) is 24.0 Å². The van der Waals surface area contributed by atoms with Gasteiger partial charge in [-0.1, -0.05) is 0 Å². The molecule has 27 heavy (non-hydrogen) atoms. The number of aliphatic hydroxyl groups excluding tert-OH is 1. The number of aromatic nitrogens is 3. The van der Waals surface area contributed by atoms with Crippen LogP contribution in [0, 0.1) is 12.8 Å². The van der Waals surface area contributed by atoms with E-state index in [0.29, 0.717) is 24.2 Å². The number of pyridine rings is 1. The van der Waals surface area contributed by atoms with Crippen molar-refractivity contribution in [2.24, 2.45) is 5.92 Å². The van der Waals surface area contributed by atoms with E-state index in [2.05, 4.69) is 20.3 Å². The van der Waals surface area contributed by atoms with E-state index in [9.17, 15) is 9.90 Å². The number of imidazole rings is 1. The van der Waals surface area contributed by atoms with E-state index in [4.69, 9.17) is 4.74 Å². The van der Waals surface area contributed by atoms with Crippen LogP contribution in [0.4, 0.5) is 0 Å². The van der Waals surface area contributed by atoms with Gasteiger partial charge in [-0.05, 0) is 55.5 Å². The highest BCUT2D eigenvalue weighted by Crippen LogP contribution is 2.38. The van der Waals surface area contributed by atoms with Crippen LogP contribution in [0.2, 0.25) is 0 Å². The summed E-state index contributed by atoms with van der Waals surface area (Å²) in [5.74, 6) is 1.45. The van der Waals surface area contributed by atoms with Crippen molar-refractivity contribution in [3.05, 3.63) is 53.6 Å². The van der Waals surface area contributed by atoms with Crippen molar-refractivity contribution in [3.8, 4) is 5.75 Å². The fourth-order valence-corrected chi connectivity index (χ4v) is 3.60. The molecule has 0 saturated heterocycles. The Kier molecular flexibility index (Phi) is 4.53. The molecular weight excluding hydrogens is 344 g/mol. The number of carbonyl (C=O) groups is 1. The zero-order chi connectivity index (χ0) is 19.0. The fourth-order valence-electron chi connectivity index (χ4n) is 3.60. The highest BCUT2D eigenvalue weighted by molar-refractivity contribution is 5.97. The van der Waals surface area contributed by atoms with Crippen molar-refractivity contribution in [2.45, 2.75) is 31.9 Å². The molecule has 2 aromatic heterocycles. The van der Waals surface area contributed by atoms with Gasteiger partial charge in [0, 0.05) is 11.8 Å². The summed E-state index contributed by atoms with van der Waals surface area (Å²) in [6.45, 7) is 1.88. The van der Waals surface area contributed by atoms with Crippen molar-refractivity contribution < 1.29 is 14.6 Å². The summed E-state index contributed by atoms with van der Waals surface area (Å²) in [5, 5.41) is 12.8. The molecule has 1 fully saturated rings. The monoisotopic (exact) mass is 366 g/mol. The molecule has 2 heterocycles. The number of nitrogens with zero attached hydrogens (tertiary/aromatic N) is 2. The molecule has 3 aromatic rings. The fraction of sp³-hybridized carbons (Fsp3) is 0.350. The Morgan fingerprint density at radius 3 is 2.89 bits per heavy atom. The summed E-state index contributed by atoms with van der Waals surface area (Å²) < 4.78 is 5.26. The van der Waals surface area contributed by atoms with Gasteiger partial charge in [-0.25, -0.2) is 4.98 Å². The maximum atomic E-state index is 12.9. The third-order valence-corrected chi connectivity index (χ3v) is 5.10. The van der Waals surface area contributed by atoms with Gasteiger partial charge < -0.3 is 20.1 Å². The summed E-state index contributed by atoms with van der Waals surface area (Å²) in [7, 11) is 1.59. The number of fused-ring (bicyclic) bond motifs is 1. The Labute approximate surface area is 156 Å². The predicted molar refractivity (Wildman–Crippen MR) is 101 cm³/mol. The summed E-state index contributed by atoms with van der Waals surface area (Å²) >= 11 is 0. The SMILES string of the molecule is COc1cncc(C(NC(=O)c2ccc3nc(C)[nH]c3c2)C2CC(O)C2)c1. The average Bonchev–Trinajstić information content (AvgIpc) is 3.02. The molecular formula is C20H22N4O3. The second-order valence-corrected chi connectivity index (χ2v) is 7.05. The zero-order valence-corrected chi connectivity index (χ0v) is 15.3. The van der Waals surface area contributed by atoms with Crippen molar-refractivity contribution in [1.82, 2.24) is 20.3 Å². The lowest BCUT2D eigenvalue weighted by Crippen LogP contribution is -2.41. The van der Waals surface area contributed by atoms with Crippen LogP contribution in [0.15, 0.2) is 36.7 Å². The lowest BCUT2D eigenvalue weighted by Gasteiger charge is -2.38. The third kappa shape index (κ3) is 3.50. The molecule has 140 valence electrons. The van der Waals surface area contributed by atoms with Crippen LogP contribution in [0.3, 0.4) is 0 Å². The van der Waals surface area contributed by atoms with Crippen LogP contribution in [0.25, 0.3) is 11.0 Å². The molecule has 3 N–H and O–H groups in total. The second-order valence-electron chi connectivity index (χ2n) is 7.05. The molecule has 0 aliphatic heterocycles. The van der Waals surface area contributed by atoms with Crippen LogP contribution >= 0.6 is 0 Å². The van der Waals surface area contributed by atoms with E-state index >= 15 is 0 Å². The number of aromatic amines is 1. The number of rotatable bonds is 5. The van der Waals surface area contributed by atoms with Gasteiger partial charge in [-0.2, -0.15) is 0 Å². The van der Waals surface area contributed by atoms with Gasteiger partial charge in [0.05, 0.1) is 36.5 Å². The van der Waals surface area contributed by atoms with Crippen molar-refractivity contribution >= 4 is 16.9 Å². The average molecular weight is 366 g/mol. The number of nitrogens with one attached hydrogen (secondary N) is 2. The van der Waals surface area contributed by atoms with Crippen molar-refractivity contribution in [3.63, 3.8) is 0 Å². The largest absolute Gasteiger partial charge is 0.495 e. The molecule has 1 unspecified atom stereocenters. The molecule has 0 radical (unpaired) electrons. The first-order chi connectivity index (χ1) is 13.0. The van der Waals surface area contributed by atoms with E-state index in [1.807, 2.05) is 19.1 Å². The molecule has 0 spiro atoms. The number of hydrogen-bond acceptors (Lipinski definition) is 5. The van der Waals surface area contributed by atoms with Gasteiger partial charge in [-0.3, -0.25) is 9.78 Å². The molecule has 4 rings (SSSR count). The van der Waals surface area contributed by atoms with E-state index < -0.39 is 0 Å². The number of hydrogen-bond donors (Lipinski definition) is 3. The maximum absolute atomic E-state index is 12.9. The second kappa shape index (κ2) is 7.00. The number of carbonyl (C=O) groups excluding carboxylic acids is 1. The third-order valence-electron chi connectivity index (χ3n) is 5.10. The summed E-state index contributed by atoms with van der Waals surface area (Å²) in [6, 6.07) is 7.06. The van der Waals surface area contributed by atoms with Gasteiger partial charge in [0.25, 0.3) is 5.91 Å². The quantitative estimate of drug-likeness (QED) is 0.644. The number of ether oxygens (including phenoxy) is 1. The van der Waals surface area contributed by atoms with Crippen LogP contribution in [-0.4, -0.2) is 39.2 Å². The van der Waals surface area contributed by atoms with Crippen LogP contribution in [-0.2, 0) is 0 Å². The molecule has 0 bridgehead atoms. The number of aryl methyl sites for hydroxylation is 1. The molecule has 7 nitrogen and oxygen atoms in total. The smallest absolute Gasteiger partial charge is 0.251 e. The Morgan fingerprint density at radius 1 is 1.33 bits per heavy atom.